The molecular formula is C28H33F3N4O8. The molecule has 4 atom stereocenters. The van der Waals surface area contributed by atoms with Crippen LogP contribution >= 0.6 is 0 Å². The van der Waals surface area contributed by atoms with Gasteiger partial charge in [-0.1, -0.05) is 6.92 Å². The molecule has 0 saturated heterocycles. The number of nitrogens with zero attached hydrogens (tertiary/aromatic N) is 2. The normalized spacial score (nSPS) is 25.6. The number of hydrogen-bond acceptors (Lipinski definition) is 10. The molecule has 1 aromatic carbocycles. The molecule has 0 spiro atoms. The first-order valence-corrected chi connectivity index (χ1v) is 13.5. The van der Waals surface area contributed by atoms with E-state index in [1.165, 1.54) is 19.0 Å². The number of aliphatic hydroxyl groups is 3. The minimum absolute atomic E-state index is 0.215. The summed E-state index contributed by atoms with van der Waals surface area (Å²) in [4.78, 5) is 54.6. The van der Waals surface area contributed by atoms with E-state index in [1.807, 2.05) is 6.92 Å². The molecule has 2 amide bonds. The number of rotatable bonds is 7. The fraction of sp³-hybridized carbons (Fsp3) is 0.500. The fourth-order valence-corrected chi connectivity index (χ4v) is 6.56. The van der Waals surface area contributed by atoms with E-state index < -0.39 is 110 Å². The number of alkyl halides is 3. The first kappa shape index (κ1) is 32.0. The van der Waals surface area contributed by atoms with E-state index in [2.05, 4.69) is 5.32 Å². The van der Waals surface area contributed by atoms with E-state index in [4.69, 9.17) is 5.73 Å². The summed E-state index contributed by atoms with van der Waals surface area (Å²) < 4.78 is 43.0. The molecule has 0 heterocycles. The smallest absolute Gasteiger partial charge is 0.416 e. The van der Waals surface area contributed by atoms with Crippen molar-refractivity contribution in [1.82, 2.24) is 9.80 Å². The summed E-state index contributed by atoms with van der Waals surface area (Å²) in [7, 11) is 4.43. The molecule has 0 unspecified atom stereocenters. The van der Waals surface area contributed by atoms with Crippen LogP contribution in [-0.2, 0) is 31.8 Å². The van der Waals surface area contributed by atoms with Crippen molar-refractivity contribution in [3.63, 3.8) is 0 Å². The van der Waals surface area contributed by atoms with Gasteiger partial charge in [0.05, 0.1) is 29.4 Å². The Morgan fingerprint density at radius 2 is 1.79 bits per heavy atom. The van der Waals surface area contributed by atoms with Gasteiger partial charge in [0.2, 0.25) is 11.7 Å². The number of phenolic OH excluding ortho intramolecular Hbond substituents is 1. The Hall–Kier alpha value is -3.95. The Morgan fingerprint density at radius 1 is 1.16 bits per heavy atom. The summed E-state index contributed by atoms with van der Waals surface area (Å²) in [5, 5.41) is 47.1. The largest absolute Gasteiger partial charge is 0.508 e. The maximum absolute atomic E-state index is 14.3. The average molecular weight is 611 g/mol. The Morgan fingerprint density at radius 3 is 2.33 bits per heavy atom. The molecular weight excluding hydrogens is 577 g/mol. The van der Waals surface area contributed by atoms with Gasteiger partial charge < -0.3 is 31.5 Å². The number of carbonyl (C=O) groups excluding carboxylic acids is 4. The Bertz CT molecular complexity index is 1480. The van der Waals surface area contributed by atoms with Gasteiger partial charge in [0.15, 0.2) is 11.4 Å². The molecule has 1 aromatic rings. The van der Waals surface area contributed by atoms with Gasteiger partial charge in [-0.05, 0) is 64.5 Å². The zero-order valence-electron chi connectivity index (χ0n) is 23.9. The van der Waals surface area contributed by atoms with Gasteiger partial charge in [-0.15, -0.1) is 0 Å². The molecule has 15 heteroatoms. The Balaban J connectivity index is 1.92. The third-order valence-corrected chi connectivity index (χ3v) is 8.32. The highest BCUT2D eigenvalue weighted by Gasteiger charge is 2.64. The van der Waals surface area contributed by atoms with E-state index in [1.54, 1.807) is 11.9 Å². The number of primary amides is 1. The third-order valence-electron chi connectivity index (χ3n) is 8.32. The quantitative estimate of drug-likeness (QED) is 0.193. The van der Waals surface area contributed by atoms with E-state index in [0.717, 1.165) is 0 Å². The first-order chi connectivity index (χ1) is 19.9. The number of aliphatic hydroxyl groups excluding tert-OH is 2. The number of likely N-dealkylation sites (N-methyl/N-ethyl adjacent to an activating group) is 2. The first-order valence-electron chi connectivity index (χ1n) is 13.5. The van der Waals surface area contributed by atoms with Gasteiger partial charge >= 0.3 is 6.18 Å². The number of benzene rings is 1. The van der Waals surface area contributed by atoms with Crippen LogP contribution in [0.25, 0.3) is 5.76 Å². The van der Waals surface area contributed by atoms with Gasteiger partial charge in [-0.25, -0.2) is 0 Å². The summed E-state index contributed by atoms with van der Waals surface area (Å²) in [6.45, 7) is 2.16. The van der Waals surface area contributed by atoms with Crippen molar-refractivity contribution in [1.29, 1.82) is 0 Å². The second-order valence-electron chi connectivity index (χ2n) is 11.4. The topological polar surface area (TPSA) is 194 Å². The van der Waals surface area contributed by atoms with E-state index in [9.17, 15) is 52.8 Å². The number of nitrogens with two attached hydrogens (primary N) is 1. The lowest BCUT2D eigenvalue weighted by atomic mass is 9.57. The highest BCUT2D eigenvalue weighted by Crippen LogP contribution is 2.55. The summed E-state index contributed by atoms with van der Waals surface area (Å²) in [6.07, 6.45) is -5.24. The lowest BCUT2D eigenvalue weighted by molar-refractivity contribution is -0.153. The van der Waals surface area contributed by atoms with E-state index in [-0.39, 0.29) is 13.0 Å². The molecule has 43 heavy (non-hydrogen) atoms. The molecule has 7 N–H and O–H groups in total. The van der Waals surface area contributed by atoms with Crippen LogP contribution < -0.4 is 11.1 Å². The lowest BCUT2D eigenvalue weighted by Gasteiger charge is -2.50. The number of ketones is 2. The van der Waals surface area contributed by atoms with Crippen molar-refractivity contribution in [2.75, 3.05) is 39.5 Å². The molecule has 4 rings (SSSR count). The number of Topliss-reactive ketones (excluding diaryl/α,β-unsaturated/α-hetero) is 2. The molecule has 234 valence electrons. The predicted molar refractivity (Wildman–Crippen MR) is 146 cm³/mol. The monoisotopic (exact) mass is 610 g/mol. The predicted octanol–water partition coefficient (Wildman–Crippen LogP) is 1.26. The molecule has 0 radical (unpaired) electrons. The van der Waals surface area contributed by atoms with Gasteiger partial charge in [-0.2, -0.15) is 13.2 Å². The minimum atomic E-state index is -5.02. The minimum Gasteiger partial charge on any atom is -0.508 e. The standard InChI is InChI=1S/C28H33F3N4O8/c1-5-6-35(4)10-16(36)33-15-9-13(28(29,30)31)12-7-11-8-14-20(34(2)3)23(39)19(26(32)42)25(41)27(14,43)24(40)17(11)22(38)18(12)21(15)37/h9,11,14,20,37-38,41,43H,5-8,10H2,1-4H3,(H2,32,42)(H,33,36)/t11-,14-,20-,27-/m0/s1. The van der Waals surface area contributed by atoms with Crippen LogP contribution in [0.2, 0.25) is 0 Å². The van der Waals surface area contributed by atoms with Crippen molar-refractivity contribution in [3.8, 4) is 5.75 Å². The molecule has 0 bridgehead atoms. The number of halogens is 3. The van der Waals surface area contributed by atoms with Crippen LogP contribution in [0.15, 0.2) is 23.0 Å². The maximum Gasteiger partial charge on any atom is 0.416 e. The number of phenols is 1. The molecule has 1 fully saturated rings. The highest BCUT2D eigenvalue weighted by molar-refractivity contribution is 6.24. The van der Waals surface area contributed by atoms with E-state index >= 15 is 0 Å². The number of hydrogen-bond donors (Lipinski definition) is 6. The van der Waals surface area contributed by atoms with Gasteiger partial charge in [0, 0.05) is 11.5 Å². The number of fused-ring (bicyclic) bond motifs is 3. The second-order valence-corrected chi connectivity index (χ2v) is 11.4. The molecule has 12 nitrogen and oxygen atoms in total. The molecule has 0 aromatic heterocycles. The van der Waals surface area contributed by atoms with Crippen molar-refractivity contribution in [2.45, 2.75) is 44.0 Å². The molecule has 3 aliphatic rings. The van der Waals surface area contributed by atoms with Crippen LogP contribution in [0.3, 0.4) is 0 Å². The summed E-state index contributed by atoms with van der Waals surface area (Å²) in [5.41, 5.74) is -2.56. The number of amides is 2. The zero-order valence-corrected chi connectivity index (χ0v) is 23.9. The maximum atomic E-state index is 14.3. The zero-order chi connectivity index (χ0) is 32.3. The SMILES string of the molecule is CCCN(C)CC(=O)Nc1cc(C(F)(F)F)c2c(c1O)C(O)=C1C(=O)[C@]3(O)C(O)=C(C(N)=O)C(=O)[C@@H](N(C)C)[C@@H]3C[C@@H]1C2. The Labute approximate surface area is 244 Å². The molecule has 3 aliphatic carbocycles. The van der Waals surface area contributed by atoms with Gasteiger partial charge in [0.1, 0.15) is 22.8 Å². The average Bonchev–Trinajstić information content (AvgIpc) is 2.86. The summed E-state index contributed by atoms with van der Waals surface area (Å²) in [6, 6.07) is -0.831. The van der Waals surface area contributed by atoms with Crippen molar-refractivity contribution >= 4 is 34.8 Å². The molecule has 1 saturated carbocycles. The highest BCUT2D eigenvalue weighted by atomic mass is 19.4. The Kier molecular flexibility index (Phi) is 8.15. The number of anilines is 1. The van der Waals surface area contributed by atoms with Crippen LogP contribution in [0.5, 0.6) is 5.75 Å². The van der Waals surface area contributed by atoms with Gasteiger partial charge in [0.25, 0.3) is 5.91 Å². The van der Waals surface area contributed by atoms with Crippen LogP contribution in [0, 0.1) is 11.8 Å². The lowest BCUT2D eigenvalue weighted by Crippen LogP contribution is -2.65. The molecule has 0 aliphatic heterocycles. The van der Waals surface area contributed by atoms with Crippen LogP contribution in [-0.4, -0.2) is 99.5 Å². The second kappa shape index (κ2) is 11.0. The summed E-state index contributed by atoms with van der Waals surface area (Å²) >= 11 is 0. The van der Waals surface area contributed by atoms with Gasteiger partial charge in [-0.3, -0.25) is 29.0 Å². The number of aromatic hydroxyl groups is 1. The third kappa shape index (κ3) is 5.04. The van der Waals surface area contributed by atoms with Crippen LogP contribution in [0.4, 0.5) is 18.9 Å². The summed E-state index contributed by atoms with van der Waals surface area (Å²) in [5.74, 6) is -10.5. The van der Waals surface area contributed by atoms with Crippen LogP contribution in [0.1, 0.15) is 36.5 Å². The van der Waals surface area contributed by atoms with Crippen molar-refractivity contribution in [2.24, 2.45) is 17.6 Å². The fourth-order valence-electron chi connectivity index (χ4n) is 6.56. The number of nitrogens with one attached hydrogen (secondary N) is 1. The van der Waals surface area contributed by atoms with E-state index in [0.29, 0.717) is 19.0 Å². The van der Waals surface area contributed by atoms with Crippen molar-refractivity contribution in [3.05, 3.63) is 39.7 Å². The van der Waals surface area contributed by atoms with Crippen molar-refractivity contribution < 1.29 is 52.8 Å². The number of carbonyl (C=O) groups is 4.